The van der Waals surface area contributed by atoms with E-state index in [0.29, 0.717) is 5.02 Å². The lowest BCUT2D eigenvalue weighted by atomic mass is 9.95. The number of oxime groups is 1. The van der Waals surface area contributed by atoms with E-state index in [1.54, 1.807) is 0 Å². The maximum Gasteiger partial charge on any atom is 0.326 e. The van der Waals surface area contributed by atoms with Crippen molar-refractivity contribution >= 4 is 41.0 Å². The van der Waals surface area contributed by atoms with Gasteiger partial charge in [-0.2, -0.15) is 11.8 Å². The highest BCUT2D eigenvalue weighted by molar-refractivity contribution is 7.99. The van der Waals surface area contributed by atoms with Gasteiger partial charge in [-0.05, 0) is 41.5 Å². The molecular weight excluding hydrogens is 436 g/mol. The number of halogens is 1. The van der Waals surface area contributed by atoms with E-state index in [1.165, 1.54) is 7.11 Å². The smallest absolute Gasteiger partial charge is 0.326 e. The minimum Gasteiger partial charge on any atom is -0.480 e. The van der Waals surface area contributed by atoms with Crippen LogP contribution < -0.4 is 5.32 Å². The Morgan fingerprint density at radius 3 is 2.48 bits per heavy atom. The van der Waals surface area contributed by atoms with E-state index in [2.05, 4.69) is 10.5 Å². The molecule has 6 nitrogen and oxygen atoms in total. The molecule has 1 aliphatic heterocycles. The third kappa shape index (κ3) is 6.24. The highest BCUT2D eigenvalue weighted by Gasteiger charge is 2.29. The number of carboxylic acid groups (broad SMARTS) is 1. The molecule has 31 heavy (non-hydrogen) atoms. The molecule has 0 bridgehead atoms. The molecule has 2 aromatic carbocycles. The molecular formula is C23H25ClN2O4S. The third-order valence-electron chi connectivity index (χ3n) is 5.21. The second-order valence-electron chi connectivity index (χ2n) is 7.29. The average Bonchev–Trinajstić information content (AvgIpc) is 2.78. The summed E-state index contributed by atoms with van der Waals surface area (Å²) >= 11 is 8.09. The van der Waals surface area contributed by atoms with E-state index in [-0.39, 0.29) is 18.1 Å². The Kier molecular flexibility index (Phi) is 8.37. The molecule has 0 saturated carbocycles. The van der Waals surface area contributed by atoms with Gasteiger partial charge in [-0.25, -0.2) is 4.79 Å². The molecule has 1 aliphatic rings. The predicted octanol–water partition coefficient (Wildman–Crippen LogP) is 4.26. The minimum atomic E-state index is -1.10. The number of rotatable bonds is 8. The average molecular weight is 461 g/mol. The number of thioether (sulfide) groups is 1. The number of nitrogens with zero attached hydrogens (tertiary/aromatic N) is 1. The standard InChI is InChI=1S/C23H25ClN2O4S/c1-30-26-21(17-10-12-31-13-11-17)22(27)25-20(23(28)29)14-15-6-8-16(9-7-15)18-4-2-3-5-19(18)24/h2-9,17,20H,10-14H2,1H3,(H,25,27)(H,28,29)/t20-/m0/s1. The number of amides is 1. The van der Waals surface area contributed by atoms with E-state index >= 15 is 0 Å². The van der Waals surface area contributed by atoms with Crippen molar-refractivity contribution in [2.45, 2.75) is 25.3 Å². The zero-order valence-electron chi connectivity index (χ0n) is 17.2. The fourth-order valence-corrected chi connectivity index (χ4v) is 4.91. The minimum absolute atomic E-state index is 0.0226. The first-order chi connectivity index (χ1) is 15.0. The molecule has 3 rings (SSSR count). The number of hydrogen-bond donors (Lipinski definition) is 2. The summed E-state index contributed by atoms with van der Waals surface area (Å²) in [7, 11) is 1.39. The van der Waals surface area contributed by atoms with Gasteiger partial charge in [-0.1, -0.05) is 59.2 Å². The van der Waals surface area contributed by atoms with E-state index in [0.717, 1.165) is 41.0 Å². The van der Waals surface area contributed by atoms with Gasteiger partial charge in [0, 0.05) is 22.9 Å². The highest BCUT2D eigenvalue weighted by atomic mass is 35.5. The topological polar surface area (TPSA) is 88.0 Å². The van der Waals surface area contributed by atoms with Crippen molar-refractivity contribution in [1.29, 1.82) is 0 Å². The number of carboxylic acids is 1. The van der Waals surface area contributed by atoms with Crippen LogP contribution in [-0.2, 0) is 20.8 Å². The first kappa shape index (κ1) is 23.2. The number of carbonyl (C=O) groups excluding carboxylic acids is 1. The monoisotopic (exact) mass is 460 g/mol. The first-order valence-corrected chi connectivity index (χ1v) is 11.6. The Morgan fingerprint density at radius 2 is 1.87 bits per heavy atom. The summed E-state index contributed by atoms with van der Waals surface area (Å²) in [5.74, 6) is 0.283. The van der Waals surface area contributed by atoms with Crippen LogP contribution in [0.2, 0.25) is 5.02 Å². The molecule has 1 fully saturated rings. The van der Waals surface area contributed by atoms with E-state index in [1.807, 2.05) is 60.3 Å². The van der Waals surface area contributed by atoms with Gasteiger partial charge >= 0.3 is 5.97 Å². The lowest BCUT2D eigenvalue weighted by molar-refractivity contribution is -0.141. The van der Waals surface area contributed by atoms with Crippen LogP contribution in [0, 0.1) is 5.92 Å². The maximum atomic E-state index is 12.8. The van der Waals surface area contributed by atoms with Crippen LogP contribution in [0.25, 0.3) is 11.1 Å². The fourth-order valence-electron chi connectivity index (χ4n) is 3.55. The van der Waals surface area contributed by atoms with Gasteiger partial charge in [0.15, 0.2) is 0 Å². The molecule has 0 radical (unpaired) electrons. The molecule has 2 aromatic rings. The Balaban J connectivity index is 1.70. The highest BCUT2D eigenvalue weighted by Crippen LogP contribution is 2.28. The van der Waals surface area contributed by atoms with Gasteiger partial charge in [-0.3, -0.25) is 4.79 Å². The van der Waals surface area contributed by atoms with E-state index in [9.17, 15) is 14.7 Å². The Morgan fingerprint density at radius 1 is 1.19 bits per heavy atom. The molecule has 164 valence electrons. The predicted molar refractivity (Wildman–Crippen MR) is 125 cm³/mol. The van der Waals surface area contributed by atoms with Crippen molar-refractivity contribution in [3.05, 3.63) is 59.1 Å². The zero-order valence-corrected chi connectivity index (χ0v) is 18.8. The Hall–Kier alpha value is -2.51. The summed E-state index contributed by atoms with van der Waals surface area (Å²) in [4.78, 5) is 29.5. The van der Waals surface area contributed by atoms with E-state index < -0.39 is 17.9 Å². The summed E-state index contributed by atoms with van der Waals surface area (Å²) in [6, 6.07) is 14.0. The van der Waals surface area contributed by atoms with Crippen LogP contribution in [0.4, 0.5) is 0 Å². The van der Waals surface area contributed by atoms with Crippen LogP contribution >= 0.6 is 23.4 Å². The van der Waals surface area contributed by atoms with Crippen molar-refractivity contribution in [2.75, 3.05) is 18.6 Å². The van der Waals surface area contributed by atoms with E-state index in [4.69, 9.17) is 16.4 Å². The maximum absolute atomic E-state index is 12.8. The summed E-state index contributed by atoms with van der Waals surface area (Å²) in [6.45, 7) is 0. The number of benzene rings is 2. The van der Waals surface area contributed by atoms with Crippen molar-refractivity contribution in [1.82, 2.24) is 5.32 Å². The zero-order chi connectivity index (χ0) is 22.2. The van der Waals surface area contributed by atoms with Crippen LogP contribution in [0.5, 0.6) is 0 Å². The summed E-state index contributed by atoms with van der Waals surface area (Å²) in [5, 5.41) is 16.9. The lowest BCUT2D eigenvalue weighted by Crippen LogP contribution is -2.47. The molecule has 0 unspecified atom stereocenters. The molecule has 0 aromatic heterocycles. The van der Waals surface area contributed by atoms with Gasteiger partial charge in [0.05, 0.1) is 0 Å². The van der Waals surface area contributed by atoms with Crippen molar-refractivity contribution in [2.24, 2.45) is 11.1 Å². The summed E-state index contributed by atoms with van der Waals surface area (Å²) in [6.07, 6.45) is 1.80. The van der Waals surface area contributed by atoms with Gasteiger partial charge in [0.1, 0.15) is 18.9 Å². The van der Waals surface area contributed by atoms with Crippen LogP contribution in [0.3, 0.4) is 0 Å². The Labute approximate surface area is 191 Å². The van der Waals surface area contributed by atoms with Gasteiger partial charge in [0.2, 0.25) is 0 Å². The number of nitrogens with one attached hydrogen (secondary N) is 1. The molecule has 0 aliphatic carbocycles. The first-order valence-electron chi connectivity index (χ1n) is 10.1. The summed E-state index contributed by atoms with van der Waals surface area (Å²) < 4.78 is 0. The molecule has 2 N–H and O–H groups in total. The van der Waals surface area contributed by atoms with Gasteiger partial charge in [-0.15, -0.1) is 0 Å². The van der Waals surface area contributed by atoms with Crippen LogP contribution in [0.1, 0.15) is 18.4 Å². The van der Waals surface area contributed by atoms with Gasteiger partial charge in [0.25, 0.3) is 5.91 Å². The number of hydrogen-bond acceptors (Lipinski definition) is 5. The van der Waals surface area contributed by atoms with Crippen molar-refractivity contribution in [3.8, 4) is 11.1 Å². The molecule has 1 heterocycles. The number of carbonyl (C=O) groups is 2. The second kappa shape index (κ2) is 11.2. The lowest BCUT2D eigenvalue weighted by Gasteiger charge is -2.23. The molecule has 0 spiro atoms. The normalized spacial score (nSPS) is 15.9. The largest absolute Gasteiger partial charge is 0.480 e. The molecule has 1 amide bonds. The van der Waals surface area contributed by atoms with Gasteiger partial charge < -0.3 is 15.3 Å². The summed E-state index contributed by atoms with van der Waals surface area (Å²) in [5.41, 5.74) is 2.91. The quantitative estimate of drug-likeness (QED) is 0.454. The second-order valence-corrected chi connectivity index (χ2v) is 8.92. The van der Waals surface area contributed by atoms with Crippen molar-refractivity contribution < 1.29 is 19.5 Å². The third-order valence-corrected chi connectivity index (χ3v) is 6.59. The molecule has 1 atom stereocenters. The van der Waals surface area contributed by atoms with Crippen LogP contribution in [0.15, 0.2) is 53.7 Å². The number of aliphatic carboxylic acids is 1. The van der Waals surface area contributed by atoms with Crippen LogP contribution in [-0.4, -0.2) is 47.4 Å². The molecule has 8 heteroatoms. The SMILES string of the molecule is CON=C(C(=O)N[C@@H](Cc1ccc(-c2ccccc2Cl)cc1)C(=O)O)C1CCSCC1. The fraction of sp³-hybridized carbons (Fsp3) is 0.348. The van der Waals surface area contributed by atoms with Crippen molar-refractivity contribution in [3.63, 3.8) is 0 Å². The Bertz CT molecular complexity index is 943. The molecule has 1 saturated heterocycles.